The van der Waals surface area contributed by atoms with Crippen LogP contribution in [-0.4, -0.2) is 17.3 Å². The lowest BCUT2D eigenvalue weighted by Gasteiger charge is -2.30. The summed E-state index contributed by atoms with van der Waals surface area (Å²) in [5.74, 6) is -0.123. The molecule has 4 heteroatoms. The van der Waals surface area contributed by atoms with Gasteiger partial charge in [0, 0.05) is 23.5 Å². The van der Waals surface area contributed by atoms with Crippen LogP contribution in [-0.2, 0) is 4.79 Å². The summed E-state index contributed by atoms with van der Waals surface area (Å²) < 4.78 is 13.4. The molecule has 0 saturated heterocycles. The van der Waals surface area contributed by atoms with Crippen LogP contribution in [0.25, 0.3) is 0 Å². The van der Waals surface area contributed by atoms with Crippen molar-refractivity contribution >= 4 is 17.3 Å². The van der Waals surface area contributed by atoms with E-state index in [1.165, 1.54) is 44.2 Å². The van der Waals surface area contributed by atoms with Crippen LogP contribution < -0.4 is 0 Å². The number of hydrogen-bond donors (Lipinski definition) is 0. The van der Waals surface area contributed by atoms with Crippen LogP contribution in [0.2, 0.25) is 0 Å². The Morgan fingerprint density at radius 1 is 0.926 bits per heavy atom. The number of ketones is 3. The van der Waals surface area contributed by atoms with E-state index in [-0.39, 0.29) is 41.7 Å². The van der Waals surface area contributed by atoms with Gasteiger partial charge in [0.2, 0.25) is 0 Å². The molecule has 0 bridgehead atoms. The van der Waals surface area contributed by atoms with E-state index in [1.54, 1.807) is 0 Å². The molecule has 144 valence electrons. The zero-order valence-corrected chi connectivity index (χ0v) is 15.7. The molecule has 0 heterocycles. The van der Waals surface area contributed by atoms with Crippen LogP contribution in [0.4, 0.5) is 4.39 Å². The number of rotatable bonds is 4. The first-order valence-corrected chi connectivity index (χ1v) is 10.5. The highest BCUT2D eigenvalue weighted by Crippen LogP contribution is 2.42. The fourth-order valence-electron chi connectivity index (χ4n) is 5.56. The van der Waals surface area contributed by atoms with Crippen molar-refractivity contribution in [1.29, 1.82) is 0 Å². The molecule has 27 heavy (non-hydrogen) atoms. The molecule has 0 N–H and O–H groups in total. The molecular weight excluding hydrogens is 343 g/mol. The highest BCUT2D eigenvalue weighted by Gasteiger charge is 2.39. The maximum Gasteiger partial charge on any atom is 0.174 e. The van der Waals surface area contributed by atoms with Crippen molar-refractivity contribution in [2.75, 3.05) is 0 Å². The molecule has 4 rings (SSSR count). The van der Waals surface area contributed by atoms with E-state index in [0.717, 1.165) is 31.2 Å². The van der Waals surface area contributed by atoms with Gasteiger partial charge in [-0.25, -0.2) is 4.39 Å². The molecular formula is C23H27FO3. The molecule has 2 fully saturated rings. The number of carbonyl (C=O) groups is 3. The van der Waals surface area contributed by atoms with Crippen LogP contribution in [0, 0.1) is 29.5 Å². The van der Waals surface area contributed by atoms with Crippen LogP contribution in [0.5, 0.6) is 0 Å². The summed E-state index contributed by atoms with van der Waals surface area (Å²) in [7, 11) is 0. The summed E-state index contributed by atoms with van der Waals surface area (Å²) in [5.41, 5.74) is 0.482. The third-order valence-electron chi connectivity index (χ3n) is 7.06. The molecule has 1 aromatic rings. The van der Waals surface area contributed by atoms with Crippen molar-refractivity contribution in [3.8, 4) is 0 Å². The molecule has 4 atom stereocenters. The maximum absolute atomic E-state index is 13.4. The molecule has 3 aliphatic rings. The van der Waals surface area contributed by atoms with Crippen LogP contribution in [0.3, 0.4) is 0 Å². The van der Waals surface area contributed by atoms with Gasteiger partial charge < -0.3 is 0 Å². The summed E-state index contributed by atoms with van der Waals surface area (Å²) in [6.45, 7) is 0. The summed E-state index contributed by atoms with van der Waals surface area (Å²) >= 11 is 0. The molecule has 3 nitrogen and oxygen atoms in total. The quantitative estimate of drug-likeness (QED) is 0.687. The van der Waals surface area contributed by atoms with Gasteiger partial charge in [-0.3, -0.25) is 14.4 Å². The Balaban J connectivity index is 1.38. The molecule has 0 spiro atoms. The van der Waals surface area contributed by atoms with Gasteiger partial charge in [0.1, 0.15) is 11.6 Å². The first-order valence-electron chi connectivity index (χ1n) is 10.5. The fraction of sp³-hybridized carbons (Fsp3) is 0.609. The number of halogens is 1. The van der Waals surface area contributed by atoms with Gasteiger partial charge in [0.25, 0.3) is 0 Å². The van der Waals surface area contributed by atoms with E-state index in [9.17, 15) is 18.8 Å². The molecule has 0 aromatic heterocycles. The van der Waals surface area contributed by atoms with Gasteiger partial charge in [-0.1, -0.05) is 38.5 Å². The second-order valence-electron chi connectivity index (χ2n) is 8.64. The normalized spacial score (nSPS) is 30.6. The molecule has 3 aliphatic carbocycles. The Hall–Kier alpha value is -1.84. The van der Waals surface area contributed by atoms with E-state index < -0.39 is 11.7 Å². The molecule has 2 saturated carbocycles. The molecule has 1 aromatic carbocycles. The van der Waals surface area contributed by atoms with Crippen molar-refractivity contribution in [2.45, 2.75) is 64.2 Å². The van der Waals surface area contributed by atoms with Crippen LogP contribution in [0.15, 0.2) is 18.2 Å². The van der Waals surface area contributed by atoms with Gasteiger partial charge in [-0.05, 0) is 49.3 Å². The number of benzene rings is 1. The fourth-order valence-corrected chi connectivity index (χ4v) is 5.56. The van der Waals surface area contributed by atoms with Crippen molar-refractivity contribution in [1.82, 2.24) is 0 Å². The first kappa shape index (κ1) is 18.5. The van der Waals surface area contributed by atoms with E-state index in [1.807, 2.05) is 0 Å². The van der Waals surface area contributed by atoms with Gasteiger partial charge in [0.05, 0.1) is 5.92 Å². The van der Waals surface area contributed by atoms with Crippen molar-refractivity contribution in [2.24, 2.45) is 23.7 Å². The average Bonchev–Trinajstić information content (AvgIpc) is 2.82. The number of carbonyl (C=O) groups excluding carboxylic acids is 3. The third-order valence-corrected chi connectivity index (χ3v) is 7.06. The maximum atomic E-state index is 13.4. The molecule has 0 radical (unpaired) electrons. The molecule has 0 amide bonds. The predicted octanol–water partition coefficient (Wildman–Crippen LogP) is 5.17. The summed E-state index contributed by atoms with van der Waals surface area (Å²) in [6, 6.07) is 3.75. The zero-order chi connectivity index (χ0) is 19.0. The standard InChI is InChI=1S/C23H27FO3/c24-17-8-9-18-20(13-17)23(27)19(22(18)26)10-11-21(25)16-7-3-6-14-4-1-2-5-15(14)12-16/h8-9,13-16,19H,1-7,10-12H2. The van der Waals surface area contributed by atoms with E-state index in [4.69, 9.17) is 0 Å². The minimum atomic E-state index is -0.807. The van der Waals surface area contributed by atoms with E-state index in [0.29, 0.717) is 11.5 Å². The van der Waals surface area contributed by atoms with Crippen molar-refractivity contribution in [3.05, 3.63) is 35.1 Å². The van der Waals surface area contributed by atoms with Crippen LogP contribution >= 0.6 is 0 Å². The number of Topliss-reactive ketones (excluding diaryl/α,β-unsaturated/α-hetero) is 3. The minimum absolute atomic E-state index is 0.0875. The second-order valence-corrected chi connectivity index (χ2v) is 8.64. The van der Waals surface area contributed by atoms with Gasteiger partial charge >= 0.3 is 0 Å². The topological polar surface area (TPSA) is 51.2 Å². The predicted molar refractivity (Wildman–Crippen MR) is 100 cm³/mol. The van der Waals surface area contributed by atoms with Crippen molar-refractivity contribution in [3.63, 3.8) is 0 Å². The largest absolute Gasteiger partial charge is 0.299 e. The van der Waals surface area contributed by atoms with Crippen LogP contribution in [0.1, 0.15) is 84.9 Å². The number of fused-ring (bicyclic) bond motifs is 2. The first-order chi connectivity index (χ1) is 13.0. The lowest BCUT2D eigenvalue weighted by atomic mass is 9.75. The molecule has 0 aliphatic heterocycles. The smallest absolute Gasteiger partial charge is 0.174 e. The SMILES string of the molecule is O=C(CCC1C(=O)c2ccc(F)cc2C1=O)C1CCCC2CCCCC2C1. The summed E-state index contributed by atoms with van der Waals surface area (Å²) in [6.07, 6.45) is 10.00. The van der Waals surface area contributed by atoms with E-state index >= 15 is 0 Å². The molecule has 4 unspecified atom stereocenters. The van der Waals surface area contributed by atoms with Gasteiger partial charge in [0.15, 0.2) is 11.6 Å². The van der Waals surface area contributed by atoms with Gasteiger partial charge in [-0.15, -0.1) is 0 Å². The van der Waals surface area contributed by atoms with Gasteiger partial charge in [-0.2, -0.15) is 0 Å². The third kappa shape index (κ3) is 3.63. The average molecular weight is 370 g/mol. The zero-order valence-electron chi connectivity index (χ0n) is 15.7. The van der Waals surface area contributed by atoms with E-state index in [2.05, 4.69) is 0 Å². The Kier molecular flexibility index (Phi) is 5.25. The summed E-state index contributed by atoms with van der Waals surface area (Å²) in [5, 5.41) is 0. The Bertz CT molecular complexity index is 769. The monoisotopic (exact) mass is 370 g/mol. The highest BCUT2D eigenvalue weighted by molar-refractivity contribution is 6.26. The minimum Gasteiger partial charge on any atom is -0.299 e. The number of hydrogen-bond acceptors (Lipinski definition) is 3. The second kappa shape index (κ2) is 7.65. The lowest BCUT2D eigenvalue weighted by Crippen LogP contribution is -2.24. The Morgan fingerprint density at radius 3 is 2.44 bits per heavy atom. The Morgan fingerprint density at radius 2 is 1.63 bits per heavy atom. The van der Waals surface area contributed by atoms with Crippen molar-refractivity contribution < 1.29 is 18.8 Å². The Labute approximate surface area is 159 Å². The summed E-state index contributed by atoms with van der Waals surface area (Å²) in [4.78, 5) is 37.8. The highest BCUT2D eigenvalue weighted by atomic mass is 19.1. The lowest BCUT2D eigenvalue weighted by molar-refractivity contribution is -0.123.